The molecule has 0 radical (unpaired) electrons. The second-order valence-corrected chi connectivity index (χ2v) is 10.1. The fourth-order valence-corrected chi connectivity index (χ4v) is 5.81. The van der Waals surface area contributed by atoms with Crippen molar-refractivity contribution in [3.05, 3.63) is 145 Å². The largest absolute Gasteiger partial charge is 0.455 e. The van der Waals surface area contributed by atoms with Crippen molar-refractivity contribution < 1.29 is 41.4 Å². The van der Waals surface area contributed by atoms with Gasteiger partial charge in [0.15, 0.2) is 0 Å². The van der Waals surface area contributed by atoms with Gasteiger partial charge in [-0.25, -0.2) is 0 Å². The summed E-state index contributed by atoms with van der Waals surface area (Å²) in [5.74, 6) is -1.69. The van der Waals surface area contributed by atoms with E-state index in [0.29, 0.717) is 0 Å². The number of benzene rings is 7. The van der Waals surface area contributed by atoms with Crippen molar-refractivity contribution >= 4 is 43.5 Å². The highest BCUT2D eigenvalue weighted by atomic mass is 16.3. The van der Waals surface area contributed by atoms with Gasteiger partial charge in [-0.05, 0) is 62.5 Å². The van der Waals surface area contributed by atoms with Gasteiger partial charge in [-0.3, -0.25) is 0 Å². The molecule has 1 nitrogen and oxygen atoms in total. The summed E-state index contributed by atoms with van der Waals surface area (Å²) in [5.41, 5.74) is -5.90. The minimum absolute atomic E-state index is 0.471. The van der Waals surface area contributed by atoms with E-state index in [1.165, 1.54) is 0 Å². The molecular weight excluding hydrogens is 544 g/mol. The Kier molecular flexibility index (Phi) is 2.57. The van der Waals surface area contributed by atoms with Crippen LogP contribution >= 0.6 is 0 Å². The monoisotopic (exact) mass is 605 g/mol. The molecule has 216 valence electrons. The molecule has 1 fully saturated rings. The quantitative estimate of drug-likeness (QED) is 0.182. The van der Waals surface area contributed by atoms with Crippen molar-refractivity contribution in [1.82, 2.24) is 0 Å². The maximum atomic E-state index is 9.54. The molecule has 9 rings (SSSR count). The van der Waals surface area contributed by atoms with Gasteiger partial charge in [-0.1, -0.05) is 158 Å². The van der Waals surface area contributed by atoms with Gasteiger partial charge in [0, 0.05) is 34.3 Å². The molecule has 1 aromatic heterocycles. The molecule has 1 aliphatic rings. The van der Waals surface area contributed by atoms with Crippen LogP contribution in [0.1, 0.15) is 80.5 Å². The van der Waals surface area contributed by atoms with Gasteiger partial charge >= 0.3 is 0 Å². The van der Waals surface area contributed by atoms with E-state index in [0.717, 1.165) is 6.07 Å². The third-order valence-corrected chi connectivity index (χ3v) is 7.70. The van der Waals surface area contributed by atoms with E-state index < -0.39 is 253 Å². The van der Waals surface area contributed by atoms with E-state index in [-0.39, 0.29) is 0 Å². The van der Waals surface area contributed by atoms with E-state index in [9.17, 15) is 11.0 Å². The summed E-state index contributed by atoms with van der Waals surface area (Å²) in [6, 6.07) is -18.9. The topological polar surface area (TPSA) is 13.1 Å². The molecule has 1 saturated carbocycles. The Hall–Kier alpha value is -5.14. The second kappa shape index (κ2) is 10.8. The summed E-state index contributed by atoms with van der Waals surface area (Å²) in [5, 5.41) is -3.91. The van der Waals surface area contributed by atoms with Crippen molar-refractivity contribution in [2.45, 2.75) is 37.9 Å². The lowest BCUT2D eigenvalue weighted by Gasteiger charge is -2.26. The zero-order valence-corrected chi connectivity index (χ0v) is 22.9. The fraction of sp³-hybridized carbons (Fsp3) is 0.136. The average molecular weight is 606 g/mol. The Bertz CT molecular complexity index is 3660. The number of furan rings is 1. The van der Waals surface area contributed by atoms with Gasteiger partial charge in [0.2, 0.25) is 0 Å². The summed E-state index contributed by atoms with van der Waals surface area (Å²) in [7, 11) is 0. The summed E-state index contributed by atoms with van der Waals surface area (Å²) in [6.45, 7) is 0. The molecule has 0 aliphatic heterocycles. The van der Waals surface area contributed by atoms with Gasteiger partial charge in [0.05, 0.1) is 30.2 Å². The van der Waals surface area contributed by atoms with Gasteiger partial charge in [-0.15, -0.1) is 0 Å². The van der Waals surface area contributed by atoms with Crippen molar-refractivity contribution in [2.24, 2.45) is 0 Å². The van der Waals surface area contributed by atoms with Crippen LogP contribution in [-0.4, -0.2) is 0 Å². The molecule has 1 heterocycles. The third-order valence-electron chi connectivity index (χ3n) is 7.70. The van der Waals surface area contributed by atoms with Crippen molar-refractivity contribution in [1.29, 1.82) is 0 Å². The fourth-order valence-electron chi connectivity index (χ4n) is 5.81. The molecule has 0 bridgehead atoms. The Morgan fingerprint density at radius 3 is 1.62 bits per heavy atom. The van der Waals surface area contributed by atoms with Crippen LogP contribution in [0.3, 0.4) is 0 Å². The number of hydrogen-bond acceptors (Lipinski definition) is 1. The molecule has 45 heavy (non-hydrogen) atoms. The molecule has 1 aliphatic carbocycles. The maximum absolute atomic E-state index is 9.54. The van der Waals surface area contributed by atoms with E-state index >= 15 is 0 Å². The predicted molar refractivity (Wildman–Crippen MR) is 191 cm³/mol. The lowest BCUT2D eigenvalue weighted by Crippen LogP contribution is -2.06. The van der Waals surface area contributed by atoms with Crippen LogP contribution in [0.5, 0.6) is 0 Å². The highest BCUT2D eigenvalue weighted by Crippen LogP contribution is 2.49. The van der Waals surface area contributed by atoms with Gasteiger partial charge in [0.25, 0.3) is 0 Å². The third kappa shape index (κ3) is 4.22. The molecule has 7 aromatic carbocycles. The second-order valence-electron chi connectivity index (χ2n) is 10.1. The smallest absolute Gasteiger partial charge is 0.143 e. The Morgan fingerprint density at radius 1 is 0.467 bits per heavy atom. The number of para-hydroxylation sites is 2. The number of fused-ring (bicyclic) bond motifs is 5. The first-order valence-corrected chi connectivity index (χ1v) is 13.8. The van der Waals surface area contributed by atoms with E-state index in [1.54, 1.807) is 0 Å². The molecule has 0 saturated heterocycles. The molecule has 0 spiro atoms. The molecule has 0 N–H and O–H groups in total. The normalized spacial score (nSPS) is 32.0. The maximum Gasteiger partial charge on any atom is 0.143 e. The standard InChI is InChI=1S/C44H34O/c1-3-15-29(16-4-1)31-19-7-8-20-33(31)41-34-21-9-11-23-36(34)42(37-24-12-10-22-35(37)41)40-28-14-27-39-38-26-13-25-32(43(38)45-44(39)40)30-17-5-2-6-18-30/h2,5-14,17-29H,1,3-4,15-16H2/i1D,2D,3D,4D,5D,6D,8D,9D,10D,11D,12D,13D,14D,15D,16D,17D,18D,19D,20D,21D,22D,23D,24D,25D,26D,27D,28D. The van der Waals surface area contributed by atoms with Crippen LogP contribution in [-0.2, 0) is 0 Å². The summed E-state index contributed by atoms with van der Waals surface area (Å²) in [6.07, 6.45) is -8.46. The SMILES string of the molecule is [2H]c1cc([2H])c(C2C([2H])C([2H])C([2H])C([2H])C2[2H])c(-c2c3c([2H])c([2H])c([2H])c([2H])c3c(-c3c([2H])c([2H])c([2H])c4c3oc3c(-c5c([2H])c([2H])c([2H])c([2H])c5[2H])c([2H])c([2H])c([2H])c34)c3c([2H])c([2H])c([2H])c([2H])c23)c1[2H]. The zero-order valence-electron chi connectivity index (χ0n) is 49.9. The molecule has 1 heteroatoms. The molecule has 0 amide bonds. The van der Waals surface area contributed by atoms with Crippen LogP contribution in [0.4, 0.5) is 0 Å². The lowest BCUT2D eigenvalue weighted by atomic mass is 9.78. The highest BCUT2D eigenvalue weighted by Gasteiger charge is 2.24. The van der Waals surface area contributed by atoms with Crippen LogP contribution in [0.25, 0.3) is 76.9 Å². The Labute approximate surface area is 301 Å². The zero-order chi connectivity index (χ0) is 53.2. The molecule has 4 unspecified atom stereocenters. The van der Waals surface area contributed by atoms with Gasteiger partial charge in [-0.2, -0.15) is 0 Å². The van der Waals surface area contributed by atoms with Crippen LogP contribution < -0.4 is 0 Å². The molecular formula is C44H34O. The molecule has 4 atom stereocenters. The van der Waals surface area contributed by atoms with E-state index in [1.807, 2.05) is 0 Å². The summed E-state index contributed by atoms with van der Waals surface area (Å²) < 4.78 is 249. The highest BCUT2D eigenvalue weighted by molar-refractivity contribution is 6.24. The van der Waals surface area contributed by atoms with Crippen LogP contribution in [0, 0.1) is 0 Å². The van der Waals surface area contributed by atoms with Crippen LogP contribution in [0.15, 0.2) is 143 Å². The van der Waals surface area contributed by atoms with Crippen LogP contribution in [0.2, 0.25) is 0 Å². The Balaban J connectivity index is 1.61. The minimum Gasteiger partial charge on any atom is -0.455 e. The first-order valence-electron chi connectivity index (χ1n) is 27.7. The first-order chi connectivity index (χ1) is 33.6. The number of rotatable bonds is 4. The minimum atomic E-state index is -1.76. The number of hydrogen-bond donors (Lipinski definition) is 0. The van der Waals surface area contributed by atoms with Gasteiger partial charge in [0.1, 0.15) is 11.2 Å². The molecule has 8 aromatic rings. The van der Waals surface area contributed by atoms with E-state index in [2.05, 4.69) is 0 Å². The summed E-state index contributed by atoms with van der Waals surface area (Å²) >= 11 is 0. The first kappa shape index (κ1) is 10.7. The van der Waals surface area contributed by atoms with Gasteiger partial charge < -0.3 is 4.42 Å². The Morgan fingerprint density at radius 2 is 0.978 bits per heavy atom. The summed E-state index contributed by atoms with van der Waals surface area (Å²) in [4.78, 5) is 0. The van der Waals surface area contributed by atoms with Crippen molar-refractivity contribution in [3.8, 4) is 33.4 Å². The predicted octanol–water partition coefficient (Wildman–Crippen LogP) is 12.9. The average Bonchev–Trinajstić information content (AvgIpc) is 3.74. The van der Waals surface area contributed by atoms with Crippen molar-refractivity contribution in [2.75, 3.05) is 0 Å². The lowest BCUT2D eigenvalue weighted by molar-refractivity contribution is 0.444. The van der Waals surface area contributed by atoms with Crippen molar-refractivity contribution in [3.63, 3.8) is 0 Å². The van der Waals surface area contributed by atoms with E-state index in [4.69, 9.17) is 30.5 Å².